The van der Waals surface area contributed by atoms with Gasteiger partial charge in [0, 0.05) is 5.75 Å². The number of nitrogens with two attached hydrogens (primary N) is 2. The van der Waals surface area contributed by atoms with Crippen LogP contribution in [-0.4, -0.2) is 39.8 Å². The Hall–Kier alpha value is -1.57. The Morgan fingerprint density at radius 2 is 1.89 bits per heavy atom. The maximum absolute atomic E-state index is 11.9. The molecule has 0 aliphatic rings. The third-order valence-corrected chi connectivity index (χ3v) is 3.03. The predicted molar refractivity (Wildman–Crippen MR) is 73.6 cm³/mol. The van der Waals surface area contributed by atoms with Gasteiger partial charge in [-0.3, -0.25) is 9.59 Å². The van der Waals surface area contributed by atoms with Gasteiger partial charge in [0.15, 0.2) is 5.78 Å². The average Bonchev–Trinajstić information content (AvgIpc) is 2.38. The first-order chi connectivity index (χ1) is 8.86. The normalized spacial score (nSPS) is 13.8. The van der Waals surface area contributed by atoms with Crippen molar-refractivity contribution in [1.29, 1.82) is 0 Å². The van der Waals surface area contributed by atoms with Gasteiger partial charge in [-0.25, -0.2) is 0 Å². The number of aromatic hydroxyl groups is 1. The summed E-state index contributed by atoms with van der Waals surface area (Å²) in [5, 5.41) is 18.4. The molecule has 2 atom stereocenters. The van der Waals surface area contributed by atoms with Crippen LogP contribution in [-0.2, 0) is 11.2 Å². The number of hydrogen-bond acceptors (Lipinski definition) is 6. The molecule has 6 N–H and O–H groups in total. The summed E-state index contributed by atoms with van der Waals surface area (Å²) in [6.45, 7) is 0. The standard InChI is InChI=1S/C12H16N2O4S/c13-8(12(17)18)4-6-1-2-10(15)7(3-6)11(16)9(14)5-19/h1-3,8-9,15,19H,4-5,13-14H2,(H,17,18)/t8-,9-/m0/s1. The molecule has 0 fully saturated rings. The van der Waals surface area contributed by atoms with Gasteiger partial charge < -0.3 is 21.7 Å². The Labute approximate surface area is 115 Å². The Kier molecular flexibility index (Phi) is 5.34. The molecule has 0 saturated heterocycles. The molecule has 1 rings (SSSR count). The van der Waals surface area contributed by atoms with Crippen molar-refractivity contribution in [3.63, 3.8) is 0 Å². The van der Waals surface area contributed by atoms with Crippen molar-refractivity contribution < 1.29 is 19.8 Å². The molecular weight excluding hydrogens is 268 g/mol. The molecule has 0 aliphatic heterocycles. The van der Waals surface area contributed by atoms with Gasteiger partial charge in [-0.15, -0.1) is 0 Å². The van der Waals surface area contributed by atoms with Crippen molar-refractivity contribution in [2.24, 2.45) is 11.5 Å². The second kappa shape index (κ2) is 6.55. The fraction of sp³-hybridized carbons (Fsp3) is 0.333. The van der Waals surface area contributed by atoms with Crippen LogP contribution in [0.1, 0.15) is 15.9 Å². The molecule has 0 spiro atoms. The number of phenolic OH excluding ortho intramolecular Hbond substituents is 1. The van der Waals surface area contributed by atoms with Crippen molar-refractivity contribution in [1.82, 2.24) is 0 Å². The van der Waals surface area contributed by atoms with E-state index in [9.17, 15) is 14.7 Å². The number of carbonyl (C=O) groups is 2. The van der Waals surface area contributed by atoms with E-state index in [1.54, 1.807) is 0 Å². The number of phenols is 1. The number of ketones is 1. The Balaban J connectivity index is 3.00. The van der Waals surface area contributed by atoms with Crippen LogP contribution >= 0.6 is 12.6 Å². The van der Waals surface area contributed by atoms with Crippen LogP contribution < -0.4 is 11.5 Å². The SMILES string of the molecule is N[C@@H](Cc1ccc(O)c(C(=O)[C@@H](N)CS)c1)C(=O)O. The summed E-state index contributed by atoms with van der Waals surface area (Å²) < 4.78 is 0. The molecule has 0 radical (unpaired) electrons. The number of thiol groups is 1. The number of Topliss-reactive ketones (excluding diaryl/α,β-unsaturated/α-hetero) is 1. The summed E-state index contributed by atoms with van der Waals surface area (Å²) in [5.41, 5.74) is 11.6. The van der Waals surface area contributed by atoms with Crippen LogP contribution in [0.4, 0.5) is 0 Å². The molecular formula is C12H16N2O4S. The highest BCUT2D eigenvalue weighted by Crippen LogP contribution is 2.21. The maximum atomic E-state index is 11.9. The minimum absolute atomic E-state index is 0.0524. The summed E-state index contributed by atoms with van der Waals surface area (Å²) >= 11 is 3.92. The number of carboxylic acids is 1. The molecule has 0 aliphatic carbocycles. The molecule has 104 valence electrons. The maximum Gasteiger partial charge on any atom is 0.320 e. The topological polar surface area (TPSA) is 127 Å². The van der Waals surface area contributed by atoms with E-state index in [1.807, 2.05) is 0 Å². The van der Waals surface area contributed by atoms with Crippen molar-refractivity contribution >= 4 is 24.4 Å². The molecule has 19 heavy (non-hydrogen) atoms. The molecule has 1 aromatic rings. The summed E-state index contributed by atoms with van der Waals surface area (Å²) in [7, 11) is 0. The Morgan fingerprint density at radius 1 is 1.26 bits per heavy atom. The summed E-state index contributed by atoms with van der Waals surface area (Å²) in [6.07, 6.45) is 0.0615. The lowest BCUT2D eigenvalue weighted by Gasteiger charge is -2.12. The van der Waals surface area contributed by atoms with E-state index in [2.05, 4.69) is 12.6 Å². The average molecular weight is 284 g/mol. The molecule has 6 nitrogen and oxygen atoms in total. The molecule has 0 saturated carbocycles. The smallest absolute Gasteiger partial charge is 0.320 e. The van der Waals surface area contributed by atoms with Crippen molar-refractivity contribution in [2.75, 3.05) is 5.75 Å². The van der Waals surface area contributed by atoms with E-state index in [-0.39, 0.29) is 23.5 Å². The zero-order valence-corrected chi connectivity index (χ0v) is 11.0. The van der Waals surface area contributed by atoms with Crippen LogP contribution in [0, 0.1) is 0 Å². The lowest BCUT2D eigenvalue weighted by molar-refractivity contribution is -0.138. The second-order valence-corrected chi connectivity index (χ2v) is 4.52. The highest BCUT2D eigenvalue weighted by Gasteiger charge is 2.19. The first-order valence-corrected chi connectivity index (χ1v) is 6.21. The number of rotatable bonds is 6. The van der Waals surface area contributed by atoms with Crippen molar-refractivity contribution in [3.05, 3.63) is 29.3 Å². The predicted octanol–water partition coefficient (Wildman–Crippen LogP) is -0.214. The third kappa shape index (κ3) is 3.95. The van der Waals surface area contributed by atoms with Gasteiger partial charge >= 0.3 is 5.97 Å². The molecule has 0 unspecified atom stereocenters. The monoisotopic (exact) mass is 284 g/mol. The van der Waals surface area contributed by atoms with Crippen LogP contribution in [0.5, 0.6) is 5.75 Å². The zero-order chi connectivity index (χ0) is 14.6. The second-order valence-electron chi connectivity index (χ2n) is 4.15. The number of hydrogen-bond donors (Lipinski definition) is 5. The van der Waals surface area contributed by atoms with Crippen LogP contribution in [0.2, 0.25) is 0 Å². The van der Waals surface area contributed by atoms with Gasteiger partial charge in [0.1, 0.15) is 11.8 Å². The first kappa shape index (κ1) is 15.5. The van der Waals surface area contributed by atoms with Gasteiger partial charge in [0.2, 0.25) is 0 Å². The fourth-order valence-corrected chi connectivity index (χ4v) is 1.70. The van der Waals surface area contributed by atoms with E-state index < -0.39 is 23.8 Å². The van der Waals surface area contributed by atoms with E-state index in [0.717, 1.165) is 0 Å². The number of carbonyl (C=O) groups excluding carboxylic acids is 1. The Morgan fingerprint density at radius 3 is 2.42 bits per heavy atom. The molecule has 0 heterocycles. The van der Waals surface area contributed by atoms with Crippen molar-refractivity contribution in [3.8, 4) is 5.75 Å². The molecule has 1 aromatic carbocycles. The summed E-state index contributed by atoms with van der Waals surface area (Å²) in [4.78, 5) is 22.6. The molecule has 0 amide bonds. The van der Waals surface area contributed by atoms with E-state index in [4.69, 9.17) is 16.6 Å². The third-order valence-electron chi connectivity index (χ3n) is 2.63. The van der Waals surface area contributed by atoms with Gasteiger partial charge in [-0.2, -0.15) is 12.6 Å². The number of benzene rings is 1. The summed E-state index contributed by atoms with van der Waals surface area (Å²) in [6, 6.07) is 2.36. The first-order valence-electron chi connectivity index (χ1n) is 5.57. The molecule has 0 bridgehead atoms. The van der Waals surface area contributed by atoms with Crippen LogP contribution in [0.3, 0.4) is 0 Å². The van der Waals surface area contributed by atoms with Gasteiger partial charge in [-0.05, 0) is 24.1 Å². The number of aliphatic carboxylic acids is 1. The van der Waals surface area contributed by atoms with Crippen LogP contribution in [0.15, 0.2) is 18.2 Å². The van der Waals surface area contributed by atoms with Gasteiger partial charge in [0.05, 0.1) is 11.6 Å². The van der Waals surface area contributed by atoms with Crippen molar-refractivity contribution in [2.45, 2.75) is 18.5 Å². The molecule has 0 aromatic heterocycles. The minimum atomic E-state index is -1.13. The Bertz CT molecular complexity index is 493. The number of carboxylic acid groups (broad SMARTS) is 1. The van der Waals surface area contributed by atoms with E-state index >= 15 is 0 Å². The summed E-state index contributed by atoms with van der Waals surface area (Å²) in [5.74, 6) is -1.63. The van der Waals surface area contributed by atoms with E-state index in [0.29, 0.717) is 5.56 Å². The molecule has 7 heteroatoms. The lowest BCUT2D eigenvalue weighted by atomic mass is 9.99. The quantitative estimate of drug-likeness (QED) is 0.363. The van der Waals surface area contributed by atoms with Gasteiger partial charge in [-0.1, -0.05) is 6.07 Å². The van der Waals surface area contributed by atoms with E-state index in [1.165, 1.54) is 18.2 Å². The minimum Gasteiger partial charge on any atom is -0.507 e. The highest BCUT2D eigenvalue weighted by atomic mass is 32.1. The highest BCUT2D eigenvalue weighted by molar-refractivity contribution is 7.80. The fourth-order valence-electron chi connectivity index (χ4n) is 1.53. The lowest BCUT2D eigenvalue weighted by Crippen LogP contribution is -2.33. The van der Waals surface area contributed by atoms with Gasteiger partial charge in [0.25, 0.3) is 0 Å². The largest absolute Gasteiger partial charge is 0.507 e. The zero-order valence-electron chi connectivity index (χ0n) is 10.1. The van der Waals surface area contributed by atoms with Crippen LogP contribution in [0.25, 0.3) is 0 Å².